The maximum Gasteiger partial charge on any atom is 0.121 e. The molecule has 0 spiro atoms. The van der Waals surface area contributed by atoms with Crippen LogP contribution in [0.1, 0.15) is 38.8 Å². The van der Waals surface area contributed by atoms with E-state index in [4.69, 9.17) is 0 Å². The van der Waals surface area contributed by atoms with E-state index in [0.717, 1.165) is 23.0 Å². The molecule has 2 nitrogen and oxygen atoms in total. The lowest BCUT2D eigenvalue weighted by atomic mass is 10.1. The SMILES string of the molecule is CC(C)CCNC(C)c1ccc(Br)cc1O. The second kappa shape index (κ2) is 6.26. The number of halogens is 1. The van der Waals surface area contributed by atoms with E-state index in [-0.39, 0.29) is 6.04 Å². The molecular formula is C13H20BrNO. The molecule has 16 heavy (non-hydrogen) atoms. The highest BCUT2D eigenvalue weighted by Gasteiger charge is 2.09. The molecule has 3 heteroatoms. The fraction of sp³-hybridized carbons (Fsp3) is 0.538. The normalized spacial score (nSPS) is 13.1. The Bertz CT molecular complexity index is 339. The maximum atomic E-state index is 9.80. The fourth-order valence-corrected chi connectivity index (χ4v) is 1.93. The van der Waals surface area contributed by atoms with Gasteiger partial charge in [-0.2, -0.15) is 0 Å². The Morgan fingerprint density at radius 2 is 2.00 bits per heavy atom. The lowest BCUT2D eigenvalue weighted by Crippen LogP contribution is -2.21. The molecule has 1 aromatic rings. The van der Waals surface area contributed by atoms with Crippen LogP contribution in [0.15, 0.2) is 22.7 Å². The van der Waals surface area contributed by atoms with Gasteiger partial charge in [-0.1, -0.05) is 35.8 Å². The number of nitrogens with one attached hydrogen (secondary N) is 1. The molecule has 1 aromatic carbocycles. The first-order valence-corrected chi connectivity index (χ1v) is 6.51. The molecule has 0 bridgehead atoms. The molecule has 90 valence electrons. The van der Waals surface area contributed by atoms with E-state index in [9.17, 15) is 5.11 Å². The Morgan fingerprint density at radius 3 is 2.56 bits per heavy atom. The number of rotatable bonds is 5. The fourth-order valence-electron chi connectivity index (χ4n) is 1.58. The highest BCUT2D eigenvalue weighted by Crippen LogP contribution is 2.27. The maximum absolute atomic E-state index is 9.80. The third kappa shape index (κ3) is 4.14. The third-order valence-corrected chi connectivity index (χ3v) is 3.12. The minimum Gasteiger partial charge on any atom is -0.508 e. The summed E-state index contributed by atoms with van der Waals surface area (Å²) in [6.45, 7) is 7.48. The van der Waals surface area contributed by atoms with Crippen LogP contribution in [-0.2, 0) is 0 Å². The molecule has 0 aliphatic carbocycles. The number of phenolic OH excluding ortho intramolecular Hbond substituents is 1. The van der Waals surface area contributed by atoms with Gasteiger partial charge in [-0.25, -0.2) is 0 Å². The molecule has 1 rings (SSSR count). The summed E-state index contributed by atoms with van der Waals surface area (Å²) in [4.78, 5) is 0. The Morgan fingerprint density at radius 1 is 1.31 bits per heavy atom. The van der Waals surface area contributed by atoms with Gasteiger partial charge in [0, 0.05) is 16.1 Å². The van der Waals surface area contributed by atoms with Crippen LogP contribution in [0.3, 0.4) is 0 Å². The van der Waals surface area contributed by atoms with Crippen LogP contribution < -0.4 is 5.32 Å². The van der Waals surface area contributed by atoms with E-state index < -0.39 is 0 Å². The van der Waals surface area contributed by atoms with Crippen LogP contribution in [0.2, 0.25) is 0 Å². The Labute approximate surface area is 106 Å². The first-order chi connectivity index (χ1) is 7.50. The highest BCUT2D eigenvalue weighted by molar-refractivity contribution is 9.10. The van der Waals surface area contributed by atoms with E-state index in [0.29, 0.717) is 11.7 Å². The summed E-state index contributed by atoms with van der Waals surface area (Å²) < 4.78 is 0.906. The Hall–Kier alpha value is -0.540. The van der Waals surface area contributed by atoms with Gasteiger partial charge in [0.25, 0.3) is 0 Å². The smallest absolute Gasteiger partial charge is 0.121 e. The second-order valence-corrected chi connectivity index (χ2v) is 5.48. The van der Waals surface area contributed by atoms with E-state index in [2.05, 4.69) is 42.0 Å². The molecule has 0 aliphatic heterocycles. The summed E-state index contributed by atoms with van der Waals surface area (Å²) in [7, 11) is 0. The van der Waals surface area contributed by atoms with Gasteiger partial charge in [0.05, 0.1) is 0 Å². The summed E-state index contributed by atoms with van der Waals surface area (Å²) in [5.41, 5.74) is 0.951. The molecule has 2 N–H and O–H groups in total. The van der Waals surface area contributed by atoms with Crippen molar-refractivity contribution in [2.24, 2.45) is 5.92 Å². The van der Waals surface area contributed by atoms with Gasteiger partial charge in [-0.15, -0.1) is 0 Å². The molecule has 0 saturated heterocycles. The van der Waals surface area contributed by atoms with E-state index in [1.165, 1.54) is 0 Å². The molecule has 1 atom stereocenters. The predicted molar refractivity (Wildman–Crippen MR) is 71.7 cm³/mol. The van der Waals surface area contributed by atoms with Crippen molar-refractivity contribution in [1.29, 1.82) is 0 Å². The molecule has 0 amide bonds. The largest absolute Gasteiger partial charge is 0.508 e. The van der Waals surface area contributed by atoms with Crippen molar-refractivity contribution in [3.8, 4) is 5.75 Å². The van der Waals surface area contributed by atoms with Crippen LogP contribution in [0.4, 0.5) is 0 Å². The van der Waals surface area contributed by atoms with Gasteiger partial charge < -0.3 is 10.4 Å². The van der Waals surface area contributed by atoms with Crippen LogP contribution in [0.25, 0.3) is 0 Å². The second-order valence-electron chi connectivity index (χ2n) is 4.56. The zero-order valence-corrected chi connectivity index (χ0v) is 11.7. The molecule has 0 aliphatic rings. The molecule has 0 fully saturated rings. The monoisotopic (exact) mass is 285 g/mol. The average molecular weight is 286 g/mol. The highest BCUT2D eigenvalue weighted by atomic mass is 79.9. The van der Waals surface area contributed by atoms with Crippen LogP contribution >= 0.6 is 15.9 Å². The Kier molecular flexibility index (Phi) is 5.29. The van der Waals surface area contributed by atoms with Crippen molar-refractivity contribution in [3.63, 3.8) is 0 Å². The van der Waals surface area contributed by atoms with Crippen LogP contribution in [0, 0.1) is 5.92 Å². The first-order valence-electron chi connectivity index (χ1n) is 5.72. The van der Waals surface area contributed by atoms with Gasteiger partial charge >= 0.3 is 0 Å². The lowest BCUT2D eigenvalue weighted by Gasteiger charge is -2.16. The van der Waals surface area contributed by atoms with Gasteiger partial charge in [0.2, 0.25) is 0 Å². The molecule has 0 aromatic heterocycles. The number of hydrogen-bond acceptors (Lipinski definition) is 2. The standard InChI is InChI=1S/C13H20BrNO/c1-9(2)6-7-15-10(3)12-5-4-11(14)8-13(12)16/h4-5,8-10,15-16H,6-7H2,1-3H3. The number of aromatic hydroxyl groups is 1. The van der Waals surface area contributed by atoms with Crippen molar-refractivity contribution < 1.29 is 5.11 Å². The van der Waals surface area contributed by atoms with Crippen LogP contribution in [0.5, 0.6) is 5.75 Å². The molecule has 1 unspecified atom stereocenters. The minimum atomic E-state index is 0.187. The van der Waals surface area contributed by atoms with Crippen molar-refractivity contribution in [2.75, 3.05) is 6.54 Å². The topological polar surface area (TPSA) is 32.3 Å². The summed E-state index contributed by atoms with van der Waals surface area (Å²) in [6, 6.07) is 5.82. The van der Waals surface area contributed by atoms with E-state index >= 15 is 0 Å². The van der Waals surface area contributed by atoms with Gasteiger partial charge in [0.15, 0.2) is 0 Å². The summed E-state index contributed by atoms with van der Waals surface area (Å²) in [5.74, 6) is 1.05. The summed E-state index contributed by atoms with van der Waals surface area (Å²) in [5, 5.41) is 13.2. The quantitative estimate of drug-likeness (QED) is 0.861. The van der Waals surface area contributed by atoms with Crippen molar-refractivity contribution in [3.05, 3.63) is 28.2 Å². The molecule has 0 radical (unpaired) electrons. The third-order valence-electron chi connectivity index (χ3n) is 2.63. The molecular weight excluding hydrogens is 266 g/mol. The Balaban J connectivity index is 2.55. The zero-order chi connectivity index (χ0) is 12.1. The van der Waals surface area contributed by atoms with Crippen molar-refractivity contribution >= 4 is 15.9 Å². The number of phenols is 1. The average Bonchev–Trinajstić information content (AvgIpc) is 2.16. The summed E-state index contributed by atoms with van der Waals surface area (Å²) >= 11 is 3.34. The van der Waals surface area contributed by atoms with Gasteiger partial charge in [0.1, 0.15) is 5.75 Å². The minimum absolute atomic E-state index is 0.187. The van der Waals surface area contributed by atoms with Crippen LogP contribution in [-0.4, -0.2) is 11.7 Å². The molecule has 0 saturated carbocycles. The number of hydrogen-bond donors (Lipinski definition) is 2. The zero-order valence-electron chi connectivity index (χ0n) is 10.1. The van der Waals surface area contributed by atoms with Crippen molar-refractivity contribution in [1.82, 2.24) is 5.32 Å². The first kappa shape index (κ1) is 13.5. The number of benzene rings is 1. The molecule has 0 heterocycles. The predicted octanol–water partition coefficient (Wildman–Crippen LogP) is 3.85. The van der Waals surface area contributed by atoms with Gasteiger partial charge in [-0.3, -0.25) is 0 Å². The van der Waals surface area contributed by atoms with E-state index in [1.54, 1.807) is 6.07 Å². The van der Waals surface area contributed by atoms with Gasteiger partial charge in [-0.05, 0) is 37.9 Å². The summed E-state index contributed by atoms with van der Waals surface area (Å²) in [6.07, 6.45) is 1.15. The van der Waals surface area contributed by atoms with E-state index in [1.807, 2.05) is 12.1 Å². The lowest BCUT2D eigenvalue weighted by molar-refractivity contribution is 0.445. The van der Waals surface area contributed by atoms with Crippen molar-refractivity contribution in [2.45, 2.75) is 33.2 Å².